The summed E-state index contributed by atoms with van der Waals surface area (Å²) in [4.78, 5) is 20.8. The maximum atomic E-state index is 17.2. The molecule has 1 N–H and O–H groups in total. The molecule has 2 bridgehead atoms. The van der Waals surface area contributed by atoms with Gasteiger partial charge >= 0.3 is 0 Å². The smallest absolute Gasteiger partial charge is 0.264 e. The SMILES string of the molecule is Cc1nc2c(F)c(-c3cccc(Cl)c3Cl)c(CCC#N)cc2c2c1cc([C@H]1C[C@H](OCc3ccccc3C(F)F)CN1C(=O)C1CC1)n2[C@H]1[C@H]2CN[C@@H]1C2. The Bertz CT molecular complexity index is 2360. The number of alkyl halides is 2. The predicted molar refractivity (Wildman–Crippen MR) is 202 cm³/mol. The van der Waals surface area contributed by atoms with E-state index in [1.54, 1.807) is 36.4 Å². The summed E-state index contributed by atoms with van der Waals surface area (Å²) in [5.41, 5.74) is 4.38. The van der Waals surface area contributed by atoms with E-state index in [4.69, 9.17) is 32.9 Å². The number of aromatic nitrogens is 2. The van der Waals surface area contributed by atoms with Crippen LogP contribution in [0.15, 0.2) is 54.6 Å². The molecule has 0 radical (unpaired) electrons. The van der Waals surface area contributed by atoms with Crippen LogP contribution < -0.4 is 5.32 Å². The first-order chi connectivity index (χ1) is 26.1. The fourth-order valence-electron chi connectivity index (χ4n) is 9.19. The first-order valence-corrected chi connectivity index (χ1v) is 19.4. The number of benzene rings is 3. The molecule has 5 atom stereocenters. The van der Waals surface area contributed by atoms with E-state index < -0.39 is 12.2 Å². The lowest BCUT2D eigenvalue weighted by molar-refractivity contribution is -0.134. The fraction of sp³-hybridized carbons (Fsp3) is 0.405. The Morgan fingerprint density at radius 3 is 2.63 bits per heavy atom. The summed E-state index contributed by atoms with van der Waals surface area (Å²) < 4.78 is 53.6. The molecule has 2 saturated carbocycles. The van der Waals surface area contributed by atoms with Crippen molar-refractivity contribution in [2.75, 3.05) is 13.1 Å². The van der Waals surface area contributed by atoms with E-state index in [0.29, 0.717) is 58.1 Å². The highest BCUT2D eigenvalue weighted by atomic mass is 35.5. The molecule has 2 aliphatic carbocycles. The van der Waals surface area contributed by atoms with Crippen LogP contribution in [0.25, 0.3) is 32.9 Å². The van der Waals surface area contributed by atoms with Gasteiger partial charge in [-0.2, -0.15) is 5.26 Å². The lowest BCUT2D eigenvalue weighted by atomic mass is 9.79. The van der Waals surface area contributed by atoms with E-state index in [1.165, 1.54) is 6.07 Å². The van der Waals surface area contributed by atoms with E-state index >= 15 is 4.39 Å². The Kier molecular flexibility index (Phi) is 9.13. The Hall–Kier alpha value is -4.14. The zero-order valence-corrected chi connectivity index (χ0v) is 31.1. The first kappa shape index (κ1) is 35.6. The number of amides is 1. The number of aryl methyl sites for hydroxylation is 2. The molecule has 54 heavy (non-hydrogen) atoms. The van der Waals surface area contributed by atoms with Gasteiger partial charge in [0.05, 0.1) is 46.4 Å². The van der Waals surface area contributed by atoms with Crippen molar-refractivity contribution in [2.45, 2.75) is 82.7 Å². The number of hydrogen-bond acceptors (Lipinski definition) is 5. The van der Waals surface area contributed by atoms with Gasteiger partial charge in [-0.3, -0.25) is 4.79 Å². The van der Waals surface area contributed by atoms with Gasteiger partial charge in [-0.15, -0.1) is 0 Å². The number of nitrogens with one attached hydrogen (secondary N) is 1. The molecule has 12 heteroatoms. The summed E-state index contributed by atoms with van der Waals surface area (Å²) in [5.74, 6) is -0.129. The molecule has 3 aromatic carbocycles. The molecule has 278 valence electrons. The molecular weight excluding hydrogens is 734 g/mol. The quantitative estimate of drug-likeness (QED) is 0.153. The molecule has 1 amide bonds. The monoisotopic (exact) mass is 771 g/mol. The number of likely N-dealkylation sites (tertiary alicyclic amines) is 1. The van der Waals surface area contributed by atoms with Crippen molar-refractivity contribution in [3.05, 3.63) is 98.5 Å². The predicted octanol–water partition coefficient (Wildman–Crippen LogP) is 9.81. The number of hydrogen-bond donors (Lipinski definition) is 1. The van der Waals surface area contributed by atoms with Gasteiger partial charge in [0.1, 0.15) is 5.52 Å². The van der Waals surface area contributed by atoms with Crippen LogP contribution in [0.5, 0.6) is 0 Å². The standard InChI is InChI=1S/C42H38Cl2F3N5O2/c1-21-29-17-34(33-16-26(19-51(33)42(53)22-11-12-22)54-20-24-6-2-3-8-27(24)41(46)47)52(39-25-15-32(39)49-18-25)40(29)30-14-23(7-5-13-48)35(37(45)38(30)50-21)28-9-4-10-31(43)36(28)44/h2-4,6,8-10,14,17,22,25-26,32-33,39,41,49H,5,7,11-12,15-16,18-20H2,1H3/t25-,26+,32-,33-,39+/m1/s1. The number of nitriles is 1. The second kappa shape index (κ2) is 13.9. The van der Waals surface area contributed by atoms with Crippen LogP contribution in [0.3, 0.4) is 0 Å². The Balaban J connectivity index is 1.21. The average molecular weight is 773 g/mol. The molecule has 7 nitrogen and oxygen atoms in total. The summed E-state index contributed by atoms with van der Waals surface area (Å²) >= 11 is 13.1. The van der Waals surface area contributed by atoms with Crippen molar-refractivity contribution in [3.63, 3.8) is 0 Å². The van der Waals surface area contributed by atoms with E-state index in [1.807, 2.05) is 17.9 Å². The summed E-state index contributed by atoms with van der Waals surface area (Å²) in [5, 5.41) is 15.3. The van der Waals surface area contributed by atoms with Gasteiger partial charge in [0.2, 0.25) is 5.91 Å². The molecule has 10 rings (SSSR count). The van der Waals surface area contributed by atoms with Crippen LogP contribution in [-0.4, -0.2) is 45.6 Å². The van der Waals surface area contributed by atoms with Gasteiger partial charge in [0.25, 0.3) is 6.43 Å². The van der Waals surface area contributed by atoms with Gasteiger partial charge in [0, 0.05) is 76.7 Å². The lowest BCUT2D eigenvalue weighted by Gasteiger charge is -2.39. The summed E-state index contributed by atoms with van der Waals surface area (Å²) in [6.45, 7) is 3.11. The Morgan fingerprint density at radius 1 is 1.09 bits per heavy atom. The van der Waals surface area contributed by atoms with E-state index in [0.717, 1.165) is 42.4 Å². The van der Waals surface area contributed by atoms with Crippen LogP contribution in [0.4, 0.5) is 13.2 Å². The molecule has 5 aliphatic rings. The third kappa shape index (κ3) is 5.87. The van der Waals surface area contributed by atoms with Gasteiger partial charge < -0.3 is 19.5 Å². The number of fused-ring (bicyclic) bond motifs is 4. The molecule has 5 aromatic rings. The number of ether oxygens (including phenoxy) is 1. The Labute approximate surface area is 321 Å². The van der Waals surface area contributed by atoms with Crippen LogP contribution >= 0.6 is 23.2 Å². The molecule has 0 spiro atoms. The van der Waals surface area contributed by atoms with Crippen LogP contribution in [0.2, 0.25) is 10.0 Å². The largest absolute Gasteiger partial charge is 0.372 e. The fourth-order valence-corrected chi connectivity index (χ4v) is 9.59. The highest BCUT2D eigenvalue weighted by Gasteiger charge is 2.51. The molecule has 0 unspecified atom stereocenters. The number of pyridine rings is 1. The molecule has 5 heterocycles. The van der Waals surface area contributed by atoms with Crippen LogP contribution in [-0.2, 0) is 22.6 Å². The lowest BCUT2D eigenvalue weighted by Crippen LogP contribution is -2.41. The molecule has 5 fully saturated rings. The number of nitrogens with zero attached hydrogens (tertiary/aromatic N) is 4. The Morgan fingerprint density at radius 2 is 1.91 bits per heavy atom. The number of carbonyl (C=O) groups excluding carboxylic acids is 1. The minimum absolute atomic E-state index is 0.0143. The number of rotatable bonds is 10. The maximum absolute atomic E-state index is 17.2. The zero-order valence-electron chi connectivity index (χ0n) is 29.6. The third-order valence-electron chi connectivity index (χ3n) is 12.0. The minimum Gasteiger partial charge on any atom is -0.372 e. The second-order valence-corrected chi connectivity index (χ2v) is 16.0. The van der Waals surface area contributed by atoms with Crippen molar-refractivity contribution in [1.82, 2.24) is 19.8 Å². The van der Waals surface area contributed by atoms with E-state index in [2.05, 4.69) is 22.0 Å². The van der Waals surface area contributed by atoms with Crippen molar-refractivity contribution >= 4 is 50.9 Å². The van der Waals surface area contributed by atoms with Crippen molar-refractivity contribution in [3.8, 4) is 17.2 Å². The summed E-state index contributed by atoms with van der Waals surface area (Å²) in [6.07, 6.45) is 0.666. The maximum Gasteiger partial charge on any atom is 0.264 e. The van der Waals surface area contributed by atoms with Gasteiger partial charge in [-0.05, 0) is 67.9 Å². The third-order valence-corrected chi connectivity index (χ3v) is 12.8. The van der Waals surface area contributed by atoms with Crippen molar-refractivity contribution < 1.29 is 22.7 Å². The second-order valence-electron chi connectivity index (χ2n) is 15.2. The highest BCUT2D eigenvalue weighted by Crippen LogP contribution is 2.51. The van der Waals surface area contributed by atoms with Crippen molar-refractivity contribution in [1.29, 1.82) is 5.26 Å². The normalized spacial score (nSPS) is 23.4. The average Bonchev–Trinajstić information content (AvgIpc) is 3.45. The molecule has 2 aromatic heterocycles. The van der Waals surface area contributed by atoms with E-state index in [9.17, 15) is 18.8 Å². The van der Waals surface area contributed by atoms with Crippen molar-refractivity contribution in [2.24, 2.45) is 11.8 Å². The first-order valence-electron chi connectivity index (χ1n) is 18.6. The van der Waals surface area contributed by atoms with Crippen LogP contribution in [0, 0.1) is 35.9 Å². The van der Waals surface area contributed by atoms with Gasteiger partial charge in [-0.1, -0.05) is 59.6 Å². The van der Waals surface area contributed by atoms with Gasteiger partial charge in [-0.25, -0.2) is 18.2 Å². The molecule has 3 saturated heterocycles. The molecule has 3 aliphatic heterocycles. The van der Waals surface area contributed by atoms with Crippen LogP contribution in [0.1, 0.15) is 78.7 Å². The topological polar surface area (TPSA) is 83.2 Å². The molecular formula is C42H38Cl2F3N5O2. The number of halogens is 5. The highest BCUT2D eigenvalue weighted by molar-refractivity contribution is 6.43. The van der Waals surface area contributed by atoms with E-state index in [-0.39, 0.29) is 70.7 Å². The minimum atomic E-state index is -2.62. The number of carbonyl (C=O) groups is 1. The summed E-state index contributed by atoms with van der Waals surface area (Å²) in [7, 11) is 0. The zero-order chi connectivity index (χ0) is 37.4. The van der Waals surface area contributed by atoms with Gasteiger partial charge in [0.15, 0.2) is 5.82 Å². The summed E-state index contributed by atoms with van der Waals surface area (Å²) in [6, 6.07) is 17.8.